The molecule has 17 heavy (non-hydrogen) atoms. The van der Waals surface area contributed by atoms with Crippen LogP contribution in [0.2, 0.25) is 0 Å². The first kappa shape index (κ1) is 11.0. The number of nitrogen functional groups attached to an aromatic ring is 1. The molecule has 1 fully saturated rings. The zero-order valence-electron chi connectivity index (χ0n) is 9.80. The van der Waals surface area contributed by atoms with Crippen molar-refractivity contribution in [2.75, 3.05) is 17.2 Å². The van der Waals surface area contributed by atoms with E-state index in [9.17, 15) is 0 Å². The second kappa shape index (κ2) is 4.61. The molecule has 0 bridgehead atoms. The number of pyridine rings is 1. The minimum absolute atomic E-state index is 0.764. The Hall–Kier alpha value is -1.16. The van der Waals surface area contributed by atoms with Crippen LogP contribution in [-0.2, 0) is 6.42 Å². The molecule has 0 spiro atoms. The Balaban J connectivity index is 1.83. The average Bonchev–Trinajstić information content (AvgIpc) is 2.74. The van der Waals surface area contributed by atoms with E-state index in [1.54, 1.807) is 0 Å². The Kier molecular flexibility index (Phi) is 2.97. The van der Waals surface area contributed by atoms with E-state index < -0.39 is 0 Å². The van der Waals surface area contributed by atoms with Gasteiger partial charge in [-0.05, 0) is 48.8 Å². The average molecular weight is 247 g/mol. The first-order valence-electron chi connectivity index (χ1n) is 6.13. The molecule has 0 unspecified atom stereocenters. The van der Waals surface area contributed by atoms with Gasteiger partial charge in [-0.25, -0.2) is 4.98 Å². The summed E-state index contributed by atoms with van der Waals surface area (Å²) in [5.74, 6) is 4.18. The van der Waals surface area contributed by atoms with E-state index in [1.165, 1.54) is 30.0 Å². The molecule has 0 saturated carbocycles. The molecule has 1 saturated heterocycles. The molecule has 0 atom stereocenters. The summed E-state index contributed by atoms with van der Waals surface area (Å²) in [4.78, 5) is 4.64. The highest BCUT2D eigenvalue weighted by Crippen LogP contribution is 2.26. The van der Waals surface area contributed by atoms with Crippen molar-refractivity contribution in [2.24, 2.45) is 5.92 Å². The second-order valence-electron chi connectivity index (χ2n) is 4.67. The highest BCUT2D eigenvalue weighted by atomic mass is 32.2. The maximum atomic E-state index is 5.92. The third-order valence-corrected chi connectivity index (χ3v) is 4.46. The van der Waals surface area contributed by atoms with E-state index in [0.717, 1.165) is 23.8 Å². The van der Waals surface area contributed by atoms with Crippen LogP contribution in [0.1, 0.15) is 18.5 Å². The van der Waals surface area contributed by atoms with Gasteiger partial charge in [0.15, 0.2) is 0 Å². The van der Waals surface area contributed by atoms with Crippen LogP contribution in [0, 0.1) is 5.92 Å². The number of hydrogen-bond acceptors (Lipinski definition) is 3. The molecule has 3 heterocycles. The minimum atomic E-state index is 0.764. The van der Waals surface area contributed by atoms with Crippen molar-refractivity contribution >= 4 is 23.2 Å². The lowest BCUT2D eigenvalue weighted by molar-refractivity contribution is 0.483. The van der Waals surface area contributed by atoms with Gasteiger partial charge < -0.3 is 5.73 Å². The molecule has 0 radical (unpaired) electrons. The number of nitrogens with zero attached hydrogens (tertiary/aromatic N) is 2. The first-order chi connectivity index (χ1) is 8.33. The number of nitrogens with two attached hydrogens (primary N) is 1. The standard InChI is InChI=1S/C13H17N3S/c14-12-2-1-3-13-15-11(9-16(12)13)8-10-4-6-17-7-5-10/h1-3,9-10H,4-8,14H2. The fourth-order valence-corrected chi connectivity index (χ4v) is 3.63. The minimum Gasteiger partial charge on any atom is -0.385 e. The van der Waals surface area contributed by atoms with Gasteiger partial charge in [-0.2, -0.15) is 11.8 Å². The van der Waals surface area contributed by atoms with E-state index >= 15 is 0 Å². The highest BCUT2D eigenvalue weighted by molar-refractivity contribution is 7.99. The number of anilines is 1. The van der Waals surface area contributed by atoms with Crippen LogP contribution >= 0.6 is 11.8 Å². The molecule has 3 rings (SSSR count). The van der Waals surface area contributed by atoms with Gasteiger partial charge in [-0.3, -0.25) is 4.40 Å². The molecule has 1 aliphatic rings. The lowest BCUT2D eigenvalue weighted by atomic mass is 9.97. The molecule has 4 heteroatoms. The zero-order chi connectivity index (χ0) is 11.7. The Morgan fingerprint density at radius 1 is 1.35 bits per heavy atom. The van der Waals surface area contributed by atoms with Crippen molar-refractivity contribution in [1.82, 2.24) is 9.38 Å². The maximum absolute atomic E-state index is 5.92. The fourth-order valence-electron chi connectivity index (χ4n) is 2.43. The molecule has 1 aliphatic heterocycles. The number of hydrogen-bond donors (Lipinski definition) is 1. The third-order valence-electron chi connectivity index (χ3n) is 3.41. The summed E-state index contributed by atoms with van der Waals surface area (Å²) < 4.78 is 1.98. The molecule has 2 aromatic rings. The van der Waals surface area contributed by atoms with Gasteiger partial charge in [-0.1, -0.05) is 6.07 Å². The summed E-state index contributed by atoms with van der Waals surface area (Å²) >= 11 is 2.07. The predicted molar refractivity (Wildman–Crippen MR) is 73.4 cm³/mol. The fraction of sp³-hybridized carbons (Fsp3) is 0.462. The van der Waals surface area contributed by atoms with Crippen LogP contribution in [0.25, 0.3) is 5.65 Å². The van der Waals surface area contributed by atoms with Gasteiger partial charge in [0.2, 0.25) is 0 Å². The Morgan fingerprint density at radius 3 is 2.94 bits per heavy atom. The topological polar surface area (TPSA) is 43.3 Å². The molecule has 0 aromatic carbocycles. The Bertz CT molecular complexity index is 514. The van der Waals surface area contributed by atoms with Crippen molar-refractivity contribution in [3.8, 4) is 0 Å². The maximum Gasteiger partial charge on any atom is 0.138 e. The number of rotatable bonds is 2. The Morgan fingerprint density at radius 2 is 2.18 bits per heavy atom. The summed E-state index contributed by atoms with van der Waals surface area (Å²) in [5, 5.41) is 0. The van der Waals surface area contributed by atoms with Gasteiger partial charge in [-0.15, -0.1) is 0 Å². The van der Waals surface area contributed by atoms with E-state index in [0.29, 0.717) is 0 Å². The number of fused-ring (bicyclic) bond motifs is 1. The monoisotopic (exact) mass is 247 g/mol. The molecular formula is C13H17N3S. The lowest BCUT2D eigenvalue weighted by Gasteiger charge is -2.19. The van der Waals surface area contributed by atoms with E-state index in [1.807, 2.05) is 22.6 Å². The summed E-state index contributed by atoms with van der Waals surface area (Å²) in [6.45, 7) is 0. The van der Waals surface area contributed by atoms with Crippen LogP contribution in [0.3, 0.4) is 0 Å². The van der Waals surface area contributed by atoms with Crippen LogP contribution in [0.5, 0.6) is 0 Å². The molecule has 2 aromatic heterocycles. The zero-order valence-corrected chi connectivity index (χ0v) is 10.6. The quantitative estimate of drug-likeness (QED) is 0.887. The van der Waals surface area contributed by atoms with Crippen LogP contribution in [-0.4, -0.2) is 20.9 Å². The van der Waals surface area contributed by atoms with E-state index in [2.05, 4.69) is 22.9 Å². The normalized spacial score (nSPS) is 17.6. The Labute approximate surface area is 105 Å². The van der Waals surface area contributed by atoms with E-state index in [-0.39, 0.29) is 0 Å². The SMILES string of the molecule is Nc1cccc2nc(CC3CCSCC3)cn12. The van der Waals surface area contributed by atoms with Crippen LogP contribution < -0.4 is 5.73 Å². The lowest BCUT2D eigenvalue weighted by Crippen LogP contribution is -2.12. The molecule has 0 aliphatic carbocycles. The van der Waals surface area contributed by atoms with Crippen LogP contribution in [0.15, 0.2) is 24.4 Å². The first-order valence-corrected chi connectivity index (χ1v) is 7.28. The smallest absolute Gasteiger partial charge is 0.138 e. The number of thioether (sulfide) groups is 1. The van der Waals surface area contributed by atoms with Gasteiger partial charge in [0.25, 0.3) is 0 Å². The third kappa shape index (κ3) is 2.27. The molecule has 0 amide bonds. The van der Waals surface area contributed by atoms with Gasteiger partial charge >= 0.3 is 0 Å². The van der Waals surface area contributed by atoms with Crippen molar-refractivity contribution in [1.29, 1.82) is 0 Å². The largest absolute Gasteiger partial charge is 0.385 e. The summed E-state index contributed by atoms with van der Waals surface area (Å²) in [6, 6.07) is 5.88. The molecule has 90 valence electrons. The van der Waals surface area contributed by atoms with E-state index in [4.69, 9.17) is 5.73 Å². The highest BCUT2D eigenvalue weighted by Gasteiger charge is 2.15. The van der Waals surface area contributed by atoms with Crippen molar-refractivity contribution in [3.63, 3.8) is 0 Å². The molecule has 3 nitrogen and oxygen atoms in total. The van der Waals surface area contributed by atoms with Gasteiger partial charge in [0, 0.05) is 6.20 Å². The summed E-state index contributed by atoms with van der Waals surface area (Å²) in [7, 11) is 0. The van der Waals surface area contributed by atoms with Gasteiger partial charge in [0.1, 0.15) is 11.5 Å². The predicted octanol–water partition coefficient (Wildman–Crippen LogP) is 2.60. The summed E-state index contributed by atoms with van der Waals surface area (Å²) in [6.07, 6.45) is 5.84. The second-order valence-corrected chi connectivity index (χ2v) is 5.90. The molecular weight excluding hydrogens is 230 g/mol. The molecule has 2 N–H and O–H groups in total. The van der Waals surface area contributed by atoms with Crippen molar-refractivity contribution in [3.05, 3.63) is 30.1 Å². The van der Waals surface area contributed by atoms with Crippen molar-refractivity contribution in [2.45, 2.75) is 19.3 Å². The summed E-state index contributed by atoms with van der Waals surface area (Å²) in [5.41, 5.74) is 8.07. The van der Waals surface area contributed by atoms with Crippen molar-refractivity contribution < 1.29 is 0 Å². The number of aromatic nitrogens is 2. The van der Waals surface area contributed by atoms with Crippen LogP contribution in [0.4, 0.5) is 5.82 Å². The number of imidazole rings is 1. The van der Waals surface area contributed by atoms with Gasteiger partial charge in [0.05, 0.1) is 5.69 Å².